The summed E-state index contributed by atoms with van der Waals surface area (Å²) in [5.74, 6) is -1.49. The summed E-state index contributed by atoms with van der Waals surface area (Å²) in [6.45, 7) is 5.99. The van der Waals surface area contributed by atoms with Gasteiger partial charge in [0.2, 0.25) is 5.95 Å². The molecule has 2 heterocycles. The SMILES string of the molecule is CCOC(=O)CC[C@H](NC(=O)c1ccc(Cn2c(C)cc3nc(N)[nH]c(=O)c32)cc1)C(=O)OCC. The molecule has 0 aliphatic rings. The Balaban J connectivity index is 1.72. The first-order valence-corrected chi connectivity index (χ1v) is 11.3. The van der Waals surface area contributed by atoms with Crippen LogP contribution in [0.5, 0.6) is 0 Å². The van der Waals surface area contributed by atoms with E-state index in [2.05, 4.69) is 15.3 Å². The smallest absolute Gasteiger partial charge is 0.328 e. The maximum atomic E-state index is 12.8. The van der Waals surface area contributed by atoms with Gasteiger partial charge in [-0.15, -0.1) is 0 Å². The highest BCUT2D eigenvalue weighted by Crippen LogP contribution is 2.17. The van der Waals surface area contributed by atoms with E-state index in [0.717, 1.165) is 11.3 Å². The largest absolute Gasteiger partial charge is 0.466 e. The summed E-state index contributed by atoms with van der Waals surface area (Å²) < 4.78 is 11.7. The number of anilines is 1. The zero-order valence-corrected chi connectivity index (χ0v) is 19.9. The van der Waals surface area contributed by atoms with Gasteiger partial charge in [0.15, 0.2) is 0 Å². The highest BCUT2D eigenvalue weighted by Gasteiger charge is 2.24. The van der Waals surface area contributed by atoms with Gasteiger partial charge in [-0.1, -0.05) is 12.1 Å². The van der Waals surface area contributed by atoms with Crippen LogP contribution < -0.4 is 16.6 Å². The molecule has 0 aliphatic heterocycles. The lowest BCUT2D eigenvalue weighted by Crippen LogP contribution is -2.42. The van der Waals surface area contributed by atoms with Crippen LogP contribution in [0, 0.1) is 6.92 Å². The van der Waals surface area contributed by atoms with Crippen molar-refractivity contribution in [3.8, 4) is 0 Å². The average Bonchev–Trinajstić information content (AvgIpc) is 3.12. The first-order valence-electron chi connectivity index (χ1n) is 11.3. The van der Waals surface area contributed by atoms with Crippen LogP contribution in [0.2, 0.25) is 0 Å². The second kappa shape index (κ2) is 11.3. The molecule has 1 amide bonds. The minimum atomic E-state index is -0.980. The van der Waals surface area contributed by atoms with Crippen LogP contribution in [0.25, 0.3) is 11.0 Å². The number of aryl methyl sites for hydroxylation is 1. The number of fused-ring (bicyclic) bond motifs is 1. The monoisotopic (exact) mass is 483 g/mol. The van der Waals surface area contributed by atoms with E-state index in [-0.39, 0.29) is 37.6 Å². The van der Waals surface area contributed by atoms with Gasteiger partial charge >= 0.3 is 11.9 Å². The van der Waals surface area contributed by atoms with Gasteiger partial charge in [-0.05, 0) is 51.0 Å². The first kappa shape index (κ1) is 25.5. The van der Waals surface area contributed by atoms with Crippen LogP contribution in [0.4, 0.5) is 5.95 Å². The fourth-order valence-corrected chi connectivity index (χ4v) is 3.69. The number of rotatable bonds is 10. The average molecular weight is 484 g/mol. The lowest BCUT2D eigenvalue weighted by Gasteiger charge is -2.17. The summed E-state index contributed by atoms with van der Waals surface area (Å²) in [6, 6.07) is 7.58. The van der Waals surface area contributed by atoms with Gasteiger partial charge in [-0.25, -0.2) is 9.78 Å². The number of benzene rings is 1. The molecule has 0 fully saturated rings. The Bertz CT molecular complexity index is 1280. The molecule has 1 aromatic carbocycles. The Morgan fingerprint density at radius 3 is 2.49 bits per heavy atom. The fourth-order valence-electron chi connectivity index (χ4n) is 3.69. The number of nitrogens with one attached hydrogen (secondary N) is 2. The molecule has 0 unspecified atom stereocenters. The van der Waals surface area contributed by atoms with Crippen molar-refractivity contribution in [3.05, 3.63) is 57.5 Å². The normalized spacial score (nSPS) is 11.7. The molecule has 0 radical (unpaired) electrons. The summed E-state index contributed by atoms with van der Waals surface area (Å²) in [5, 5.41) is 2.63. The Labute approximate surface area is 201 Å². The summed E-state index contributed by atoms with van der Waals surface area (Å²) in [6.07, 6.45) is 0.0366. The molecule has 0 bridgehead atoms. The highest BCUT2D eigenvalue weighted by molar-refractivity contribution is 5.96. The molecule has 2 aromatic heterocycles. The van der Waals surface area contributed by atoms with Gasteiger partial charge < -0.3 is 25.1 Å². The molecule has 3 rings (SSSR count). The lowest BCUT2D eigenvalue weighted by molar-refractivity contribution is -0.146. The van der Waals surface area contributed by atoms with Crippen LogP contribution >= 0.6 is 0 Å². The van der Waals surface area contributed by atoms with Gasteiger partial charge in [-0.2, -0.15) is 0 Å². The number of hydrogen-bond donors (Lipinski definition) is 3. The molecule has 4 N–H and O–H groups in total. The molecule has 186 valence electrons. The van der Waals surface area contributed by atoms with Crippen molar-refractivity contribution in [2.75, 3.05) is 18.9 Å². The van der Waals surface area contributed by atoms with Crippen molar-refractivity contribution < 1.29 is 23.9 Å². The van der Waals surface area contributed by atoms with E-state index in [1.54, 1.807) is 44.2 Å². The number of nitrogen functional groups attached to an aromatic ring is 1. The van der Waals surface area contributed by atoms with Crippen molar-refractivity contribution in [1.29, 1.82) is 0 Å². The van der Waals surface area contributed by atoms with Gasteiger partial charge in [0.1, 0.15) is 11.6 Å². The summed E-state index contributed by atoms with van der Waals surface area (Å²) in [7, 11) is 0. The van der Waals surface area contributed by atoms with Crippen LogP contribution in [0.15, 0.2) is 35.1 Å². The molecule has 0 saturated heterocycles. The minimum absolute atomic E-state index is 0.0274. The summed E-state index contributed by atoms with van der Waals surface area (Å²) in [4.78, 5) is 55.8. The van der Waals surface area contributed by atoms with E-state index in [1.807, 2.05) is 11.5 Å². The molecule has 11 heteroatoms. The second-order valence-corrected chi connectivity index (χ2v) is 7.88. The first-order chi connectivity index (χ1) is 16.7. The molecule has 0 aliphatic carbocycles. The number of nitrogens with zero attached hydrogens (tertiary/aromatic N) is 2. The number of carbonyl (C=O) groups is 3. The third-order valence-electron chi connectivity index (χ3n) is 5.36. The molecule has 1 atom stereocenters. The number of carbonyl (C=O) groups excluding carboxylic acids is 3. The maximum absolute atomic E-state index is 12.8. The number of amides is 1. The molecular formula is C24H29N5O6. The molecule has 35 heavy (non-hydrogen) atoms. The predicted octanol–water partition coefficient (Wildman–Crippen LogP) is 1.67. The van der Waals surface area contributed by atoms with E-state index in [1.165, 1.54) is 0 Å². The van der Waals surface area contributed by atoms with Gasteiger partial charge in [0.05, 0.1) is 18.7 Å². The van der Waals surface area contributed by atoms with Crippen molar-refractivity contribution in [1.82, 2.24) is 19.9 Å². The Hall–Kier alpha value is -4.15. The zero-order valence-electron chi connectivity index (χ0n) is 19.9. The molecular weight excluding hydrogens is 454 g/mol. The molecule has 0 saturated carbocycles. The number of esters is 2. The van der Waals surface area contributed by atoms with Crippen LogP contribution in [-0.4, -0.2) is 51.6 Å². The van der Waals surface area contributed by atoms with Crippen LogP contribution in [-0.2, 0) is 25.6 Å². The van der Waals surface area contributed by atoms with Crippen molar-refractivity contribution in [2.45, 2.75) is 46.2 Å². The maximum Gasteiger partial charge on any atom is 0.328 e. The Morgan fingerprint density at radius 2 is 1.83 bits per heavy atom. The van der Waals surface area contributed by atoms with Gasteiger partial charge in [0, 0.05) is 24.2 Å². The van der Waals surface area contributed by atoms with Crippen LogP contribution in [0.1, 0.15) is 48.3 Å². The standard InChI is InChI=1S/C24H29N5O6/c1-4-34-19(30)11-10-17(23(33)35-5-2)26-21(31)16-8-6-15(7-9-16)13-29-14(3)12-18-20(29)22(32)28-24(25)27-18/h6-9,12,17H,4-5,10-11,13H2,1-3H3,(H,26,31)(H3,25,27,28,32)/t17-/m0/s1. The number of aromatic nitrogens is 3. The van der Waals surface area contributed by atoms with Gasteiger partial charge in [0.25, 0.3) is 11.5 Å². The van der Waals surface area contributed by atoms with Crippen molar-refractivity contribution in [3.63, 3.8) is 0 Å². The third-order valence-corrected chi connectivity index (χ3v) is 5.36. The van der Waals surface area contributed by atoms with E-state index in [9.17, 15) is 19.2 Å². The predicted molar refractivity (Wildman–Crippen MR) is 129 cm³/mol. The quantitative estimate of drug-likeness (QED) is 0.367. The van der Waals surface area contributed by atoms with E-state index >= 15 is 0 Å². The fraction of sp³-hybridized carbons (Fsp3) is 0.375. The minimum Gasteiger partial charge on any atom is -0.466 e. The van der Waals surface area contributed by atoms with E-state index in [4.69, 9.17) is 15.2 Å². The van der Waals surface area contributed by atoms with Crippen LogP contribution in [0.3, 0.4) is 0 Å². The van der Waals surface area contributed by atoms with Gasteiger partial charge in [-0.3, -0.25) is 19.4 Å². The Kier molecular flexibility index (Phi) is 8.24. The molecule has 11 nitrogen and oxygen atoms in total. The lowest BCUT2D eigenvalue weighted by atomic mass is 10.1. The number of hydrogen-bond acceptors (Lipinski definition) is 8. The van der Waals surface area contributed by atoms with Crippen molar-refractivity contribution >= 4 is 34.8 Å². The van der Waals surface area contributed by atoms with E-state index < -0.39 is 23.9 Å². The summed E-state index contributed by atoms with van der Waals surface area (Å²) >= 11 is 0. The summed E-state index contributed by atoms with van der Waals surface area (Å²) in [5.41, 5.74) is 8.25. The van der Waals surface area contributed by atoms with Crippen molar-refractivity contribution in [2.24, 2.45) is 0 Å². The third kappa shape index (κ3) is 6.25. The number of aromatic amines is 1. The molecule has 3 aromatic rings. The number of ether oxygens (including phenoxy) is 2. The zero-order chi connectivity index (χ0) is 25.5. The topological polar surface area (TPSA) is 158 Å². The number of H-pyrrole nitrogens is 1. The Morgan fingerprint density at radius 1 is 1.14 bits per heavy atom. The second-order valence-electron chi connectivity index (χ2n) is 7.88. The number of nitrogens with two attached hydrogens (primary N) is 1. The molecule has 0 spiro atoms. The highest BCUT2D eigenvalue weighted by atomic mass is 16.5. The van der Waals surface area contributed by atoms with E-state index in [0.29, 0.717) is 23.1 Å².